The van der Waals surface area contributed by atoms with E-state index in [1.807, 2.05) is 0 Å². The second-order valence-electron chi connectivity index (χ2n) is 3.70. The molecule has 0 radical (unpaired) electrons. The molecule has 0 aromatic heterocycles. The van der Waals surface area contributed by atoms with Gasteiger partial charge in [-0.1, -0.05) is 38.7 Å². The van der Waals surface area contributed by atoms with Crippen LogP contribution in [0.5, 0.6) is 0 Å². The van der Waals surface area contributed by atoms with Gasteiger partial charge in [-0.3, -0.25) is 4.79 Å². The SMILES string of the molecule is [N-]=[N+]=NCCCNC(C(=O)O)c1ccc(Cl)cc1Br. The second kappa shape index (κ2) is 8.01. The maximum absolute atomic E-state index is 11.3. The van der Waals surface area contributed by atoms with Gasteiger partial charge in [0.2, 0.25) is 0 Å². The number of nitrogens with zero attached hydrogens (tertiary/aromatic N) is 3. The summed E-state index contributed by atoms with van der Waals surface area (Å²) in [5.41, 5.74) is 8.73. The minimum absolute atomic E-state index is 0.331. The van der Waals surface area contributed by atoms with Crippen LogP contribution in [0.25, 0.3) is 10.4 Å². The van der Waals surface area contributed by atoms with Gasteiger partial charge in [-0.2, -0.15) is 0 Å². The molecule has 0 amide bonds. The molecule has 0 spiro atoms. The van der Waals surface area contributed by atoms with Crippen molar-refractivity contribution in [2.45, 2.75) is 12.5 Å². The highest BCUT2D eigenvalue weighted by Crippen LogP contribution is 2.26. The van der Waals surface area contributed by atoms with E-state index in [1.165, 1.54) is 0 Å². The lowest BCUT2D eigenvalue weighted by Gasteiger charge is -2.16. The van der Waals surface area contributed by atoms with Crippen LogP contribution in [0.15, 0.2) is 27.8 Å². The fraction of sp³-hybridized carbons (Fsp3) is 0.364. The van der Waals surface area contributed by atoms with Crippen molar-refractivity contribution < 1.29 is 9.90 Å². The van der Waals surface area contributed by atoms with Crippen molar-refractivity contribution in [1.29, 1.82) is 0 Å². The first-order valence-corrected chi connectivity index (χ1v) is 6.65. The Bertz CT molecular complexity index is 505. The van der Waals surface area contributed by atoms with Crippen LogP contribution in [0.1, 0.15) is 18.0 Å². The molecule has 0 aliphatic rings. The monoisotopic (exact) mass is 346 g/mol. The number of hydrogen-bond acceptors (Lipinski definition) is 3. The number of rotatable bonds is 7. The van der Waals surface area contributed by atoms with Gasteiger partial charge in [0.05, 0.1) is 0 Å². The number of benzene rings is 1. The molecule has 19 heavy (non-hydrogen) atoms. The Morgan fingerprint density at radius 3 is 2.95 bits per heavy atom. The van der Waals surface area contributed by atoms with Crippen LogP contribution in [-0.2, 0) is 4.79 Å². The fourth-order valence-electron chi connectivity index (χ4n) is 1.51. The summed E-state index contributed by atoms with van der Waals surface area (Å²) in [7, 11) is 0. The molecule has 102 valence electrons. The number of carboxylic acid groups (broad SMARTS) is 1. The predicted octanol–water partition coefficient (Wildman–Crippen LogP) is 3.52. The molecular formula is C11H12BrClN4O2. The van der Waals surface area contributed by atoms with Gasteiger partial charge in [-0.25, -0.2) is 0 Å². The van der Waals surface area contributed by atoms with Gasteiger partial charge >= 0.3 is 5.97 Å². The van der Waals surface area contributed by atoms with Crippen LogP contribution in [0.4, 0.5) is 0 Å². The zero-order valence-electron chi connectivity index (χ0n) is 9.88. The highest BCUT2D eigenvalue weighted by molar-refractivity contribution is 9.10. The average Bonchev–Trinajstić information content (AvgIpc) is 2.35. The van der Waals surface area contributed by atoms with Crippen LogP contribution >= 0.6 is 27.5 Å². The number of aliphatic carboxylic acids is 1. The Balaban J connectivity index is 2.71. The topological polar surface area (TPSA) is 98.1 Å². The van der Waals surface area contributed by atoms with Crippen molar-refractivity contribution in [3.8, 4) is 0 Å². The van der Waals surface area contributed by atoms with E-state index < -0.39 is 12.0 Å². The van der Waals surface area contributed by atoms with E-state index in [1.54, 1.807) is 18.2 Å². The molecule has 2 N–H and O–H groups in total. The Morgan fingerprint density at radius 1 is 1.63 bits per heavy atom. The molecule has 0 heterocycles. The average molecular weight is 348 g/mol. The van der Waals surface area contributed by atoms with Crippen LogP contribution in [0.2, 0.25) is 5.02 Å². The van der Waals surface area contributed by atoms with Gasteiger partial charge in [0.1, 0.15) is 6.04 Å². The number of halogens is 2. The molecule has 0 saturated heterocycles. The summed E-state index contributed by atoms with van der Waals surface area (Å²) in [5, 5.41) is 16.0. The first kappa shape index (κ1) is 15.8. The number of nitrogens with one attached hydrogen (secondary N) is 1. The summed E-state index contributed by atoms with van der Waals surface area (Å²) in [4.78, 5) is 13.9. The maximum atomic E-state index is 11.3. The zero-order chi connectivity index (χ0) is 14.3. The maximum Gasteiger partial charge on any atom is 0.325 e. The van der Waals surface area contributed by atoms with Gasteiger partial charge in [-0.05, 0) is 36.2 Å². The molecule has 0 aliphatic heterocycles. The smallest absolute Gasteiger partial charge is 0.325 e. The van der Waals surface area contributed by atoms with Gasteiger partial charge < -0.3 is 10.4 Å². The molecule has 1 atom stereocenters. The molecule has 0 bridgehead atoms. The summed E-state index contributed by atoms with van der Waals surface area (Å²) < 4.78 is 0.634. The number of azide groups is 1. The first-order valence-electron chi connectivity index (χ1n) is 5.48. The van der Waals surface area contributed by atoms with E-state index in [9.17, 15) is 9.90 Å². The van der Waals surface area contributed by atoms with Crippen molar-refractivity contribution in [3.63, 3.8) is 0 Å². The van der Waals surface area contributed by atoms with E-state index in [0.29, 0.717) is 34.6 Å². The third-order valence-corrected chi connectivity index (χ3v) is 3.29. The highest BCUT2D eigenvalue weighted by atomic mass is 79.9. The lowest BCUT2D eigenvalue weighted by Crippen LogP contribution is -2.29. The van der Waals surface area contributed by atoms with E-state index in [2.05, 4.69) is 31.3 Å². The Morgan fingerprint density at radius 2 is 2.37 bits per heavy atom. The number of hydrogen-bond donors (Lipinski definition) is 2. The van der Waals surface area contributed by atoms with E-state index in [4.69, 9.17) is 17.1 Å². The van der Waals surface area contributed by atoms with E-state index in [-0.39, 0.29) is 0 Å². The molecule has 0 fully saturated rings. The molecule has 8 heteroatoms. The van der Waals surface area contributed by atoms with Crippen LogP contribution < -0.4 is 5.32 Å². The van der Waals surface area contributed by atoms with Gasteiger partial charge in [0, 0.05) is 21.0 Å². The Labute approximate surface area is 123 Å². The molecule has 1 rings (SSSR count). The van der Waals surface area contributed by atoms with Crippen LogP contribution in [0.3, 0.4) is 0 Å². The first-order chi connectivity index (χ1) is 9.06. The largest absolute Gasteiger partial charge is 0.480 e. The molecule has 1 aromatic carbocycles. The van der Waals surface area contributed by atoms with Crippen molar-refractivity contribution in [3.05, 3.63) is 43.7 Å². The minimum Gasteiger partial charge on any atom is -0.480 e. The normalized spacial score (nSPS) is 11.7. The summed E-state index contributed by atoms with van der Waals surface area (Å²) >= 11 is 9.11. The third-order valence-electron chi connectivity index (χ3n) is 2.37. The number of carbonyl (C=O) groups is 1. The lowest BCUT2D eigenvalue weighted by atomic mass is 10.1. The Hall–Kier alpha value is -1.27. The van der Waals surface area contributed by atoms with Crippen molar-refractivity contribution in [2.24, 2.45) is 5.11 Å². The van der Waals surface area contributed by atoms with Gasteiger partial charge in [0.15, 0.2) is 0 Å². The second-order valence-corrected chi connectivity index (χ2v) is 4.99. The van der Waals surface area contributed by atoms with Crippen molar-refractivity contribution in [1.82, 2.24) is 5.32 Å². The Kier molecular flexibility index (Phi) is 6.66. The standard InChI is InChI=1S/C11H12BrClN4O2/c12-9-6-7(13)2-3-8(9)10(11(18)19)15-4-1-5-16-17-14/h2-3,6,10,15H,1,4-5H2,(H,18,19). The van der Waals surface area contributed by atoms with E-state index >= 15 is 0 Å². The summed E-state index contributed by atoms with van der Waals surface area (Å²) in [6.07, 6.45) is 0.569. The summed E-state index contributed by atoms with van der Waals surface area (Å²) in [6.45, 7) is 0.767. The third kappa shape index (κ3) is 5.08. The van der Waals surface area contributed by atoms with Crippen LogP contribution in [0, 0.1) is 0 Å². The molecular weight excluding hydrogens is 336 g/mol. The van der Waals surface area contributed by atoms with Crippen molar-refractivity contribution in [2.75, 3.05) is 13.1 Å². The number of carboxylic acids is 1. The molecule has 0 saturated carbocycles. The quantitative estimate of drug-likeness (QED) is 0.342. The molecule has 1 aromatic rings. The van der Waals surface area contributed by atoms with Gasteiger partial charge in [-0.15, -0.1) is 0 Å². The molecule has 1 unspecified atom stereocenters. The summed E-state index contributed by atoms with van der Waals surface area (Å²) in [6, 6.07) is 4.11. The van der Waals surface area contributed by atoms with Gasteiger partial charge in [0.25, 0.3) is 0 Å². The zero-order valence-corrected chi connectivity index (χ0v) is 12.2. The molecule has 0 aliphatic carbocycles. The predicted molar refractivity (Wildman–Crippen MR) is 76.2 cm³/mol. The minimum atomic E-state index is -0.980. The lowest BCUT2D eigenvalue weighted by molar-refractivity contribution is -0.139. The molecule has 6 nitrogen and oxygen atoms in total. The van der Waals surface area contributed by atoms with Crippen molar-refractivity contribution >= 4 is 33.5 Å². The van der Waals surface area contributed by atoms with E-state index in [0.717, 1.165) is 0 Å². The fourth-order valence-corrected chi connectivity index (χ4v) is 2.42. The summed E-state index contributed by atoms with van der Waals surface area (Å²) in [5.74, 6) is -0.980. The highest BCUT2D eigenvalue weighted by Gasteiger charge is 2.21. The van der Waals surface area contributed by atoms with Crippen LogP contribution in [-0.4, -0.2) is 24.2 Å².